The minimum absolute atomic E-state index is 0.190. The third-order valence-electron chi connectivity index (χ3n) is 1.45. The van der Waals surface area contributed by atoms with Gasteiger partial charge in [-0.1, -0.05) is 15.9 Å². The SMILES string of the molecule is Cc1cc(F)cc(NC(=O)CBr)c1. The lowest BCUT2D eigenvalue weighted by atomic mass is 10.2. The van der Waals surface area contributed by atoms with Crippen molar-refractivity contribution in [2.24, 2.45) is 0 Å². The summed E-state index contributed by atoms with van der Waals surface area (Å²) in [6.45, 7) is 1.77. The van der Waals surface area contributed by atoms with Crippen LogP contribution in [0, 0.1) is 12.7 Å². The summed E-state index contributed by atoms with van der Waals surface area (Å²) in [7, 11) is 0. The Morgan fingerprint density at radius 2 is 2.23 bits per heavy atom. The van der Waals surface area contributed by atoms with E-state index in [1.807, 2.05) is 0 Å². The van der Waals surface area contributed by atoms with Gasteiger partial charge in [-0.05, 0) is 30.7 Å². The summed E-state index contributed by atoms with van der Waals surface area (Å²) in [6.07, 6.45) is 0. The molecule has 0 aromatic heterocycles. The fourth-order valence-corrected chi connectivity index (χ4v) is 1.14. The molecule has 0 radical (unpaired) electrons. The first kappa shape index (κ1) is 10.2. The number of hydrogen-bond donors (Lipinski definition) is 1. The van der Waals surface area contributed by atoms with Crippen LogP contribution in [-0.2, 0) is 4.79 Å². The van der Waals surface area contributed by atoms with Crippen LogP contribution in [0.15, 0.2) is 18.2 Å². The first-order valence-corrected chi connectivity index (χ1v) is 4.87. The molecule has 0 atom stereocenters. The zero-order chi connectivity index (χ0) is 9.84. The molecule has 4 heteroatoms. The molecule has 0 aliphatic heterocycles. The van der Waals surface area contributed by atoms with Gasteiger partial charge < -0.3 is 5.32 Å². The molecule has 0 bridgehead atoms. The second-order valence-electron chi connectivity index (χ2n) is 2.70. The lowest BCUT2D eigenvalue weighted by molar-refractivity contribution is -0.113. The van der Waals surface area contributed by atoms with Gasteiger partial charge in [0.15, 0.2) is 0 Å². The Morgan fingerprint density at radius 1 is 1.54 bits per heavy atom. The zero-order valence-corrected chi connectivity index (χ0v) is 8.69. The minimum atomic E-state index is -0.343. The van der Waals surface area contributed by atoms with E-state index in [1.54, 1.807) is 13.0 Å². The summed E-state index contributed by atoms with van der Waals surface area (Å²) in [5.74, 6) is -0.533. The second-order valence-corrected chi connectivity index (χ2v) is 3.26. The largest absolute Gasteiger partial charge is 0.325 e. The van der Waals surface area contributed by atoms with E-state index in [9.17, 15) is 9.18 Å². The molecule has 0 unspecified atom stereocenters. The highest BCUT2D eigenvalue weighted by molar-refractivity contribution is 9.09. The molecular weight excluding hydrogens is 237 g/mol. The van der Waals surface area contributed by atoms with Crippen molar-refractivity contribution < 1.29 is 9.18 Å². The van der Waals surface area contributed by atoms with Crippen LogP contribution >= 0.6 is 15.9 Å². The Labute approximate surface area is 84.3 Å². The van der Waals surface area contributed by atoms with Crippen molar-refractivity contribution in [1.82, 2.24) is 0 Å². The smallest absolute Gasteiger partial charge is 0.235 e. The van der Waals surface area contributed by atoms with E-state index >= 15 is 0 Å². The molecule has 1 aromatic rings. The van der Waals surface area contributed by atoms with Crippen molar-refractivity contribution in [3.05, 3.63) is 29.6 Å². The Kier molecular flexibility index (Phi) is 3.42. The average Bonchev–Trinajstić information content (AvgIpc) is 2.02. The molecule has 1 aromatic carbocycles. The number of rotatable bonds is 2. The van der Waals surface area contributed by atoms with Gasteiger partial charge in [0.05, 0.1) is 5.33 Å². The van der Waals surface area contributed by atoms with E-state index in [1.165, 1.54) is 12.1 Å². The van der Waals surface area contributed by atoms with E-state index < -0.39 is 0 Å². The van der Waals surface area contributed by atoms with Gasteiger partial charge in [0, 0.05) is 5.69 Å². The quantitative estimate of drug-likeness (QED) is 0.798. The van der Waals surface area contributed by atoms with Crippen LogP contribution in [0.3, 0.4) is 0 Å². The fourth-order valence-electron chi connectivity index (χ4n) is 1.00. The Morgan fingerprint density at radius 3 is 2.77 bits per heavy atom. The van der Waals surface area contributed by atoms with Crippen molar-refractivity contribution in [3.63, 3.8) is 0 Å². The summed E-state index contributed by atoms with van der Waals surface area (Å²) in [5, 5.41) is 2.76. The maximum absolute atomic E-state index is 12.8. The summed E-state index contributed by atoms with van der Waals surface area (Å²) in [5.41, 5.74) is 1.27. The maximum atomic E-state index is 12.8. The number of hydrogen-bond acceptors (Lipinski definition) is 1. The van der Waals surface area contributed by atoms with Gasteiger partial charge in [0.1, 0.15) is 5.82 Å². The zero-order valence-electron chi connectivity index (χ0n) is 7.10. The van der Waals surface area contributed by atoms with Crippen LogP contribution in [0.25, 0.3) is 0 Å². The molecule has 0 fully saturated rings. The molecule has 0 spiro atoms. The lowest BCUT2D eigenvalue weighted by Crippen LogP contribution is -2.12. The van der Waals surface area contributed by atoms with Crippen LogP contribution in [-0.4, -0.2) is 11.2 Å². The van der Waals surface area contributed by atoms with Gasteiger partial charge in [-0.25, -0.2) is 4.39 Å². The topological polar surface area (TPSA) is 29.1 Å². The second kappa shape index (κ2) is 4.37. The van der Waals surface area contributed by atoms with Crippen LogP contribution < -0.4 is 5.32 Å². The normalized spacial score (nSPS) is 9.77. The van der Waals surface area contributed by atoms with Crippen LogP contribution in [0.4, 0.5) is 10.1 Å². The van der Waals surface area contributed by atoms with Crippen molar-refractivity contribution >= 4 is 27.5 Å². The molecule has 13 heavy (non-hydrogen) atoms. The molecule has 1 N–H and O–H groups in total. The number of alkyl halides is 1. The van der Waals surface area contributed by atoms with E-state index in [0.29, 0.717) is 5.69 Å². The molecule has 0 aliphatic rings. The molecule has 1 amide bonds. The fraction of sp³-hybridized carbons (Fsp3) is 0.222. The molecule has 0 saturated carbocycles. The maximum Gasteiger partial charge on any atom is 0.235 e. The van der Waals surface area contributed by atoms with Crippen molar-refractivity contribution in [2.75, 3.05) is 10.6 Å². The highest BCUT2D eigenvalue weighted by Gasteiger charge is 2.01. The third-order valence-corrected chi connectivity index (χ3v) is 1.96. The standard InChI is InChI=1S/C9H9BrFNO/c1-6-2-7(11)4-8(3-6)12-9(13)5-10/h2-4H,5H2,1H3,(H,12,13). The van der Waals surface area contributed by atoms with Gasteiger partial charge in [0.25, 0.3) is 0 Å². The Hall–Kier alpha value is -0.900. The lowest BCUT2D eigenvalue weighted by Gasteiger charge is -2.03. The number of anilines is 1. The first-order chi connectivity index (χ1) is 6.11. The van der Waals surface area contributed by atoms with E-state index in [-0.39, 0.29) is 17.1 Å². The number of halogens is 2. The Bertz CT molecular complexity index is 307. The van der Waals surface area contributed by atoms with E-state index in [2.05, 4.69) is 21.2 Å². The van der Waals surface area contributed by atoms with Crippen molar-refractivity contribution in [3.8, 4) is 0 Å². The number of carbonyl (C=O) groups is 1. The Balaban J connectivity index is 2.83. The van der Waals surface area contributed by atoms with Crippen LogP contribution in [0.5, 0.6) is 0 Å². The van der Waals surface area contributed by atoms with Gasteiger partial charge in [0.2, 0.25) is 5.91 Å². The monoisotopic (exact) mass is 245 g/mol. The summed E-state index contributed by atoms with van der Waals surface area (Å²) in [4.78, 5) is 10.9. The average molecular weight is 246 g/mol. The summed E-state index contributed by atoms with van der Waals surface area (Å²) >= 11 is 3.00. The molecule has 1 rings (SSSR count). The van der Waals surface area contributed by atoms with Crippen molar-refractivity contribution in [1.29, 1.82) is 0 Å². The number of nitrogens with one attached hydrogen (secondary N) is 1. The minimum Gasteiger partial charge on any atom is -0.325 e. The van der Waals surface area contributed by atoms with E-state index in [0.717, 1.165) is 5.56 Å². The summed E-state index contributed by atoms with van der Waals surface area (Å²) in [6, 6.07) is 4.40. The molecule has 0 heterocycles. The van der Waals surface area contributed by atoms with Crippen LogP contribution in [0.1, 0.15) is 5.56 Å². The molecule has 70 valence electrons. The van der Waals surface area contributed by atoms with Gasteiger partial charge in [-0.2, -0.15) is 0 Å². The molecule has 0 aliphatic carbocycles. The molecule has 0 saturated heterocycles. The van der Waals surface area contributed by atoms with Gasteiger partial charge in [-0.3, -0.25) is 4.79 Å². The summed E-state index contributed by atoms with van der Waals surface area (Å²) < 4.78 is 12.8. The first-order valence-electron chi connectivity index (χ1n) is 3.75. The third kappa shape index (κ3) is 3.14. The highest BCUT2D eigenvalue weighted by atomic mass is 79.9. The van der Waals surface area contributed by atoms with Gasteiger partial charge >= 0.3 is 0 Å². The molecule has 2 nitrogen and oxygen atoms in total. The number of carbonyl (C=O) groups excluding carboxylic acids is 1. The predicted molar refractivity (Wildman–Crippen MR) is 53.6 cm³/mol. The van der Waals surface area contributed by atoms with Gasteiger partial charge in [-0.15, -0.1) is 0 Å². The predicted octanol–water partition coefficient (Wildman–Crippen LogP) is 2.47. The molecular formula is C9H9BrFNO. The van der Waals surface area contributed by atoms with E-state index in [4.69, 9.17) is 0 Å². The van der Waals surface area contributed by atoms with Crippen LogP contribution in [0.2, 0.25) is 0 Å². The highest BCUT2D eigenvalue weighted by Crippen LogP contribution is 2.13. The number of aryl methyl sites for hydroxylation is 1. The number of benzene rings is 1. The van der Waals surface area contributed by atoms with Crippen molar-refractivity contribution in [2.45, 2.75) is 6.92 Å². The number of amides is 1.